The van der Waals surface area contributed by atoms with Crippen LogP contribution in [-0.2, 0) is 0 Å². The highest BCUT2D eigenvalue weighted by Gasteiger charge is 2.06. The van der Waals surface area contributed by atoms with Crippen LogP contribution >= 0.6 is 34.8 Å². The Balaban J connectivity index is 2.16. The molecule has 90 valence electrons. The normalized spacial score (nSPS) is 11.1. The summed E-state index contributed by atoms with van der Waals surface area (Å²) in [5, 5.41) is 2.87. The number of aromatic amines is 1. The first kappa shape index (κ1) is 11.9. The third-order valence-electron chi connectivity index (χ3n) is 2.82. The standard InChI is InChI=1S/C14H8Cl3N/c15-10-3-1-8(2-4-10)13-6-9-5-11(16)12(17)7-14(9)18-13/h1-7,18H. The van der Waals surface area contributed by atoms with Crippen molar-refractivity contribution in [3.05, 3.63) is 57.5 Å². The van der Waals surface area contributed by atoms with Gasteiger partial charge in [0.25, 0.3) is 0 Å². The molecule has 1 N–H and O–H groups in total. The maximum absolute atomic E-state index is 6.00. The molecule has 0 aliphatic heterocycles. The van der Waals surface area contributed by atoms with Gasteiger partial charge in [0.1, 0.15) is 0 Å². The van der Waals surface area contributed by atoms with Gasteiger partial charge in [-0.05, 0) is 35.9 Å². The minimum atomic E-state index is 0.550. The van der Waals surface area contributed by atoms with E-state index in [1.54, 1.807) is 0 Å². The van der Waals surface area contributed by atoms with E-state index < -0.39 is 0 Å². The molecule has 3 rings (SSSR count). The highest BCUT2D eigenvalue weighted by Crippen LogP contribution is 2.31. The molecular weight excluding hydrogens is 289 g/mol. The van der Waals surface area contributed by atoms with E-state index in [1.165, 1.54) is 0 Å². The summed E-state index contributed by atoms with van der Waals surface area (Å²) in [5.41, 5.74) is 3.05. The second-order valence-corrected chi connectivity index (χ2v) is 5.29. The van der Waals surface area contributed by atoms with Crippen LogP contribution in [0.5, 0.6) is 0 Å². The summed E-state index contributed by atoms with van der Waals surface area (Å²) in [6.07, 6.45) is 0. The fourth-order valence-corrected chi connectivity index (χ4v) is 2.37. The highest BCUT2D eigenvalue weighted by atomic mass is 35.5. The van der Waals surface area contributed by atoms with Crippen molar-refractivity contribution in [3.63, 3.8) is 0 Å². The van der Waals surface area contributed by atoms with Crippen LogP contribution in [0.25, 0.3) is 22.2 Å². The Labute approximate surface area is 119 Å². The third-order valence-corrected chi connectivity index (χ3v) is 3.79. The first-order valence-corrected chi connectivity index (χ1v) is 6.50. The molecule has 0 fully saturated rings. The molecule has 18 heavy (non-hydrogen) atoms. The first-order chi connectivity index (χ1) is 8.63. The van der Waals surface area contributed by atoms with Crippen molar-refractivity contribution < 1.29 is 0 Å². The van der Waals surface area contributed by atoms with Crippen LogP contribution in [0.3, 0.4) is 0 Å². The van der Waals surface area contributed by atoms with Crippen LogP contribution in [0.4, 0.5) is 0 Å². The van der Waals surface area contributed by atoms with Crippen molar-refractivity contribution in [2.75, 3.05) is 0 Å². The number of hydrogen-bond acceptors (Lipinski definition) is 0. The highest BCUT2D eigenvalue weighted by molar-refractivity contribution is 6.42. The number of fused-ring (bicyclic) bond motifs is 1. The number of halogens is 3. The third kappa shape index (κ3) is 2.10. The zero-order valence-corrected chi connectivity index (χ0v) is 11.4. The van der Waals surface area contributed by atoms with Gasteiger partial charge in [0.2, 0.25) is 0 Å². The second-order valence-electron chi connectivity index (χ2n) is 4.04. The Morgan fingerprint density at radius 1 is 0.778 bits per heavy atom. The lowest BCUT2D eigenvalue weighted by Crippen LogP contribution is -1.75. The van der Waals surface area contributed by atoms with Crippen LogP contribution in [-0.4, -0.2) is 4.98 Å². The minimum absolute atomic E-state index is 0.550. The van der Waals surface area contributed by atoms with E-state index >= 15 is 0 Å². The van der Waals surface area contributed by atoms with Gasteiger partial charge in [0.05, 0.1) is 10.0 Å². The Morgan fingerprint density at radius 2 is 1.44 bits per heavy atom. The Kier molecular flexibility index (Phi) is 2.98. The van der Waals surface area contributed by atoms with Crippen LogP contribution in [0.15, 0.2) is 42.5 Å². The Bertz CT molecular complexity index is 675. The minimum Gasteiger partial charge on any atom is -0.354 e. The van der Waals surface area contributed by atoms with E-state index in [4.69, 9.17) is 34.8 Å². The molecule has 0 unspecified atom stereocenters. The number of hydrogen-bond donors (Lipinski definition) is 1. The van der Waals surface area contributed by atoms with Gasteiger partial charge < -0.3 is 4.98 Å². The molecule has 4 heteroatoms. The molecule has 0 bridgehead atoms. The summed E-state index contributed by atoms with van der Waals surface area (Å²) in [7, 11) is 0. The number of aromatic nitrogens is 1. The van der Waals surface area contributed by atoms with Gasteiger partial charge in [-0.15, -0.1) is 0 Å². The van der Waals surface area contributed by atoms with Crippen LogP contribution in [0.2, 0.25) is 15.1 Å². The molecule has 0 atom stereocenters. The summed E-state index contributed by atoms with van der Waals surface area (Å²) >= 11 is 17.9. The summed E-state index contributed by atoms with van der Waals surface area (Å²) in [5.74, 6) is 0. The first-order valence-electron chi connectivity index (χ1n) is 5.37. The molecule has 0 amide bonds. The van der Waals surface area contributed by atoms with E-state index in [-0.39, 0.29) is 0 Å². The van der Waals surface area contributed by atoms with Gasteiger partial charge in [0, 0.05) is 21.6 Å². The number of rotatable bonds is 1. The molecule has 3 aromatic rings. The largest absolute Gasteiger partial charge is 0.354 e. The predicted molar refractivity (Wildman–Crippen MR) is 78.8 cm³/mol. The average Bonchev–Trinajstić information content (AvgIpc) is 2.73. The number of nitrogens with one attached hydrogen (secondary N) is 1. The van der Waals surface area contributed by atoms with Crippen LogP contribution in [0.1, 0.15) is 0 Å². The summed E-state index contributed by atoms with van der Waals surface area (Å²) in [6, 6.07) is 13.4. The zero-order valence-electron chi connectivity index (χ0n) is 9.18. The van der Waals surface area contributed by atoms with Gasteiger partial charge in [-0.2, -0.15) is 0 Å². The molecule has 0 aliphatic carbocycles. The SMILES string of the molecule is Clc1ccc(-c2cc3cc(Cl)c(Cl)cc3[nH]2)cc1. The molecule has 0 spiro atoms. The summed E-state index contributed by atoms with van der Waals surface area (Å²) < 4.78 is 0. The van der Waals surface area contributed by atoms with Crippen molar-refractivity contribution in [1.29, 1.82) is 0 Å². The van der Waals surface area contributed by atoms with Crippen LogP contribution < -0.4 is 0 Å². The topological polar surface area (TPSA) is 15.8 Å². The quantitative estimate of drug-likeness (QED) is 0.584. The molecule has 1 nitrogen and oxygen atoms in total. The number of benzene rings is 2. The van der Waals surface area contributed by atoms with Gasteiger partial charge in [-0.25, -0.2) is 0 Å². The van der Waals surface area contributed by atoms with E-state index in [2.05, 4.69) is 4.98 Å². The van der Waals surface area contributed by atoms with E-state index in [1.807, 2.05) is 42.5 Å². The lowest BCUT2D eigenvalue weighted by atomic mass is 10.1. The second kappa shape index (κ2) is 4.51. The molecule has 0 aliphatic rings. The van der Waals surface area contributed by atoms with Gasteiger partial charge >= 0.3 is 0 Å². The fraction of sp³-hybridized carbons (Fsp3) is 0. The maximum atomic E-state index is 6.00. The molecule has 1 aromatic heterocycles. The van der Waals surface area contributed by atoms with E-state index in [0.29, 0.717) is 10.0 Å². The van der Waals surface area contributed by atoms with Crippen LogP contribution in [0, 0.1) is 0 Å². The maximum Gasteiger partial charge on any atom is 0.0613 e. The fourth-order valence-electron chi connectivity index (χ4n) is 1.91. The molecule has 2 aromatic carbocycles. The molecular formula is C14H8Cl3N. The molecule has 0 saturated carbocycles. The molecule has 1 heterocycles. The smallest absolute Gasteiger partial charge is 0.0613 e. The van der Waals surface area contributed by atoms with Gasteiger partial charge in [-0.1, -0.05) is 46.9 Å². The Morgan fingerprint density at radius 3 is 2.17 bits per heavy atom. The zero-order chi connectivity index (χ0) is 12.7. The lowest BCUT2D eigenvalue weighted by Gasteiger charge is -1.97. The van der Waals surface area contributed by atoms with E-state index in [0.717, 1.165) is 27.2 Å². The van der Waals surface area contributed by atoms with E-state index in [9.17, 15) is 0 Å². The summed E-state index contributed by atoms with van der Waals surface area (Å²) in [4.78, 5) is 3.31. The summed E-state index contributed by atoms with van der Waals surface area (Å²) in [6.45, 7) is 0. The number of H-pyrrole nitrogens is 1. The van der Waals surface area contributed by atoms with Crippen molar-refractivity contribution in [2.45, 2.75) is 0 Å². The Hall–Kier alpha value is -1.15. The molecule has 0 radical (unpaired) electrons. The van der Waals surface area contributed by atoms with Gasteiger partial charge in [-0.3, -0.25) is 0 Å². The monoisotopic (exact) mass is 295 g/mol. The average molecular weight is 297 g/mol. The van der Waals surface area contributed by atoms with Crippen molar-refractivity contribution in [3.8, 4) is 11.3 Å². The van der Waals surface area contributed by atoms with Gasteiger partial charge in [0.15, 0.2) is 0 Å². The molecule has 0 saturated heterocycles. The van der Waals surface area contributed by atoms with Crippen molar-refractivity contribution in [2.24, 2.45) is 0 Å². The predicted octanol–water partition coefficient (Wildman–Crippen LogP) is 5.80. The van der Waals surface area contributed by atoms with Crippen molar-refractivity contribution >= 4 is 45.7 Å². The lowest BCUT2D eigenvalue weighted by molar-refractivity contribution is 1.45. The van der Waals surface area contributed by atoms with Crippen molar-refractivity contribution in [1.82, 2.24) is 4.98 Å².